The number of hydrogen-bond donors (Lipinski definition) is 1. The van der Waals surface area contributed by atoms with E-state index in [0.717, 1.165) is 16.8 Å². The van der Waals surface area contributed by atoms with Crippen molar-refractivity contribution in [3.8, 4) is 0 Å². The third-order valence-electron chi connectivity index (χ3n) is 2.71. The number of nitrogens with zero attached hydrogens (tertiary/aromatic N) is 2. The first-order valence-corrected chi connectivity index (χ1v) is 5.31. The smallest absolute Gasteiger partial charge is 0.335 e. The molecule has 4 nitrogen and oxygen atoms in total. The van der Waals surface area contributed by atoms with Gasteiger partial charge in [0.1, 0.15) is 5.82 Å². The molecule has 0 amide bonds. The summed E-state index contributed by atoms with van der Waals surface area (Å²) in [4.78, 5) is 17.3. The van der Waals surface area contributed by atoms with Crippen LogP contribution < -0.4 is 4.90 Å². The fourth-order valence-corrected chi connectivity index (χ4v) is 1.75. The van der Waals surface area contributed by atoms with E-state index >= 15 is 0 Å². The number of rotatable bonds is 2. The van der Waals surface area contributed by atoms with Gasteiger partial charge < -0.3 is 10.0 Å². The van der Waals surface area contributed by atoms with Crippen molar-refractivity contribution in [3.63, 3.8) is 0 Å². The van der Waals surface area contributed by atoms with Gasteiger partial charge >= 0.3 is 5.97 Å². The topological polar surface area (TPSA) is 53.4 Å². The third-order valence-corrected chi connectivity index (χ3v) is 2.71. The molecular formula is C13H14N2O2. The van der Waals surface area contributed by atoms with Crippen LogP contribution in [0, 0.1) is 6.92 Å². The van der Waals surface area contributed by atoms with Crippen LogP contribution in [0.1, 0.15) is 15.9 Å². The number of aryl methyl sites for hydroxylation is 1. The zero-order valence-corrected chi connectivity index (χ0v) is 10.1. The zero-order valence-electron chi connectivity index (χ0n) is 10.1. The Kier molecular flexibility index (Phi) is 2.71. The van der Waals surface area contributed by atoms with E-state index in [1.807, 2.05) is 32.0 Å². The fraction of sp³-hybridized carbons (Fsp3) is 0.231. The molecule has 1 heterocycles. The predicted octanol–water partition coefficient (Wildman–Crippen LogP) is 2.31. The van der Waals surface area contributed by atoms with Gasteiger partial charge in [0.05, 0.1) is 11.1 Å². The predicted molar refractivity (Wildman–Crippen MR) is 67.8 cm³/mol. The molecule has 4 heteroatoms. The van der Waals surface area contributed by atoms with Gasteiger partial charge in [0.25, 0.3) is 0 Å². The Bertz CT molecular complexity index is 591. The standard InChI is InChI=1S/C13H14N2O2/c1-8-6-12(15(2)3)14-11-7-9(13(16)17)4-5-10(8)11/h4-7H,1-3H3,(H,16,17). The van der Waals surface area contributed by atoms with Crippen molar-refractivity contribution in [3.05, 3.63) is 35.4 Å². The number of hydrogen-bond acceptors (Lipinski definition) is 3. The highest BCUT2D eigenvalue weighted by Gasteiger charge is 2.08. The summed E-state index contributed by atoms with van der Waals surface area (Å²) in [5.41, 5.74) is 2.07. The molecule has 0 unspecified atom stereocenters. The molecule has 2 rings (SSSR count). The van der Waals surface area contributed by atoms with Crippen LogP contribution in [0.3, 0.4) is 0 Å². The second-order valence-electron chi connectivity index (χ2n) is 4.23. The van der Waals surface area contributed by atoms with E-state index in [9.17, 15) is 4.79 Å². The number of carboxylic acid groups (broad SMARTS) is 1. The summed E-state index contributed by atoms with van der Waals surface area (Å²) in [6.45, 7) is 2.00. The highest BCUT2D eigenvalue weighted by Crippen LogP contribution is 2.22. The molecule has 0 aliphatic rings. The van der Waals surface area contributed by atoms with Crippen LogP contribution in [0.25, 0.3) is 10.9 Å². The number of aromatic carboxylic acids is 1. The summed E-state index contributed by atoms with van der Waals surface area (Å²) in [6.07, 6.45) is 0. The number of anilines is 1. The SMILES string of the molecule is Cc1cc(N(C)C)nc2cc(C(=O)O)ccc12. The molecule has 0 saturated heterocycles. The average molecular weight is 230 g/mol. The number of aromatic nitrogens is 1. The maximum absolute atomic E-state index is 10.9. The van der Waals surface area contributed by atoms with Gasteiger partial charge in [0, 0.05) is 19.5 Å². The van der Waals surface area contributed by atoms with Crippen LogP contribution in [0.2, 0.25) is 0 Å². The molecule has 0 radical (unpaired) electrons. The van der Waals surface area contributed by atoms with Gasteiger partial charge in [-0.3, -0.25) is 0 Å². The molecular weight excluding hydrogens is 216 g/mol. The lowest BCUT2D eigenvalue weighted by molar-refractivity contribution is 0.0697. The van der Waals surface area contributed by atoms with Crippen LogP contribution in [0.5, 0.6) is 0 Å². The fourth-order valence-electron chi connectivity index (χ4n) is 1.75. The molecule has 2 aromatic rings. The second kappa shape index (κ2) is 4.05. The Balaban J connectivity index is 2.70. The van der Waals surface area contributed by atoms with Gasteiger partial charge in [0.15, 0.2) is 0 Å². The van der Waals surface area contributed by atoms with E-state index in [1.54, 1.807) is 18.2 Å². The molecule has 0 saturated carbocycles. The first-order chi connectivity index (χ1) is 7.99. The molecule has 0 spiro atoms. The van der Waals surface area contributed by atoms with Gasteiger partial charge in [-0.1, -0.05) is 6.07 Å². The number of carbonyl (C=O) groups is 1. The summed E-state index contributed by atoms with van der Waals surface area (Å²) in [7, 11) is 3.82. The van der Waals surface area contributed by atoms with E-state index in [-0.39, 0.29) is 5.56 Å². The van der Waals surface area contributed by atoms with Crippen molar-refractivity contribution < 1.29 is 9.90 Å². The highest BCUT2D eigenvalue weighted by atomic mass is 16.4. The Hall–Kier alpha value is -2.10. The zero-order chi connectivity index (χ0) is 12.6. The number of benzene rings is 1. The molecule has 0 fully saturated rings. The van der Waals surface area contributed by atoms with Gasteiger partial charge in [-0.2, -0.15) is 0 Å². The Labute approximate surface area is 99.5 Å². The highest BCUT2D eigenvalue weighted by molar-refractivity contribution is 5.94. The molecule has 17 heavy (non-hydrogen) atoms. The van der Waals surface area contributed by atoms with Crippen LogP contribution in [-0.2, 0) is 0 Å². The van der Waals surface area contributed by atoms with Crippen molar-refractivity contribution in [1.29, 1.82) is 0 Å². The minimum atomic E-state index is -0.929. The molecule has 1 N–H and O–H groups in total. The molecule has 1 aromatic heterocycles. The first-order valence-electron chi connectivity index (χ1n) is 5.31. The number of fused-ring (bicyclic) bond motifs is 1. The second-order valence-corrected chi connectivity index (χ2v) is 4.23. The summed E-state index contributed by atoms with van der Waals surface area (Å²) >= 11 is 0. The maximum Gasteiger partial charge on any atom is 0.335 e. The van der Waals surface area contributed by atoms with Gasteiger partial charge in [-0.05, 0) is 30.7 Å². The monoisotopic (exact) mass is 230 g/mol. The van der Waals surface area contributed by atoms with Gasteiger partial charge in [0.2, 0.25) is 0 Å². The molecule has 0 atom stereocenters. The van der Waals surface area contributed by atoms with Crippen LogP contribution in [0.4, 0.5) is 5.82 Å². The summed E-state index contributed by atoms with van der Waals surface area (Å²) < 4.78 is 0. The van der Waals surface area contributed by atoms with Gasteiger partial charge in [-0.15, -0.1) is 0 Å². The van der Waals surface area contributed by atoms with E-state index in [0.29, 0.717) is 5.52 Å². The van der Waals surface area contributed by atoms with Crippen molar-refractivity contribution >= 4 is 22.7 Å². The first kappa shape index (κ1) is 11.4. The van der Waals surface area contributed by atoms with E-state index in [1.165, 1.54) is 0 Å². The Morgan fingerprint density at radius 1 is 1.29 bits per heavy atom. The number of pyridine rings is 1. The normalized spacial score (nSPS) is 10.5. The van der Waals surface area contributed by atoms with E-state index < -0.39 is 5.97 Å². The van der Waals surface area contributed by atoms with Crippen molar-refractivity contribution in [2.75, 3.05) is 19.0 Å². The maximum atomic E-state index is 10.9. The lowest BCUT2D eigenvalue weighted by Gasteiger charge is -2.13. The lowest BCUT2D eigenvalue weighted by Crippen LogP contribution is -2.11. The average Bonchev–Trinajstić information content (AvgIpc) is 2.27. The quantitative estimate of drug-likeness (QED) is 0.860. The molecule has 88 valence electrons. The van der Waals surface area contributed by atoms with Crippen LogP contribution >= 0.6 is 0 Å². The Morgan fingerprint density at radius 2 is 2.00 bits per heavy atom. The molecule has 0 bridgehead atoms. The van der Waals surface area contributed by atoms with Crippen molar-refractivity contribution in [2.24, 2.45) is 0 Å². The van der Waals surface area contributed by atoms with E-state index in [4.69, 9.17) is 5.11 Å². The minimum absolute atomic E-state index is 0.264. The van der Waals surface area contributed by atoms with E-state index in [2.05, 4.69) is 4.98 Å². The van der Waals surface area contributed by atoms with Crippen LogP contribution in [-0.4, -0.2) is 30.2 Å². The Morgan fingerprint density at radius 3 is 2.59 bits per heavy atom. The van der Waals surface area contributed by atoms with Gasteiger partial charge in [-0.25, -0.2) is 9.78 Å². The van der Waals surface area contributed by atoms with Crippen molar-refractivity contribution in [1.82, 2.24) is 4.98 Å². The minimum Gasteiger partial charge on any atom is -0.478 e. The molecule has 0 aliphatic carbocycles. The lowest BCUT2D eigenvalue weighted by atomic mass is 10.1. The molecule has 1 aromatic carbocycles. The summed E-state index contributed by atoms with van der Waals surface area (Å²) in [5, 5.41) is 9.94. The number of carboxylic acids is 1. The summed E-state index contributed by atoms with van der Waals surface area (Å²) in [5.74, 6) is -0.0980. The third kappa shape index (κ3) is 2.06. The van der Waals surface area contributed by atoms with Crippen LogP contribution in [0.15, 0.2) is 24.3 Å². The summed E-state index contributed by atoms with van der Waals surface area (Å²) in [6, 6.07) is 7.01. The van der Waals surface area contributed by atoms with Crippen molar-refractivity contribution in [2.45, 2.75) is 6.92 Å². The largest absolute Gasteiger partial charge is 0.478 e. The molecule has 0 aliphatic heterocycles.